The van der Waals surface area contributed by atoms with Gasteiger partial charge in [0.15, 0.2) is 0 Å². The highest BCUT2D eigenvalue weighted by Gasteiger charge is 2.21. The third kappa shape index (κ3) is 8.59. The van der Waals surface area contributed by atoms with Crippen LogP contribution in [0.5, 0.6) is 0 Å². The molecule has 0 saturated heterocycles. The minimum absolute atomic E-state index is 0.0618. The molecule has 0 saturated carbocycles. The maximum Gasteiger partial charge on any atom is 0.129 e. The summed E-state index contributed by atoms with van der Waals surface area (Å²) in [6.45, 7) is 14.7. The molecule has 0 rings (SSSR count). The molecule has 4 heteroatoms. The maximum atomic E-state index is 12.0. The van der Waals surface area contributed by atoms with Crippen molar-refractivity contribution in [3.8, 4) is 11.5 Å². The zero-order valence-corrected chi connectivity index (χ0v) is 14.1. The van der Waals surface area contributed by atoms with Crippen LogP contribution in [0.4, 0.5) is 0 Å². The van der Waals surface area contributed by atoms with Crippen LogP contribution in [-0.2, 0) is 11.0 Å². The van der Waals surface area contributed by atoms with E-state index in [4.69, 9.17) is 0 Å². The molecular formula is C13H27NOSSi. The van der Waals surface area contributed by atoms with Gasteiger partial charge in [-0.2, -0.15) is 0 Å². The Balaban J connectivity index is 4.65. The van der Waals surface area contributed by atoms with E-state index in [1.807, 2.05) is 20.8 Å². The second-order valence-corrected chi connectivity index (χ2v) is 13.1. The average molecular weight is 274 g/mol. The summed E-state index contributed by atoms with van der Waals surface area (Å²) >= 11 is 0. The van der Waals surface area contributed by atoms with Gasteiger partial charge in [0.1, 0.15) is 8.07 Å². The van der Waals surface area contributed by atoms with Crippen LogP contribution < -0.4 is 4.72 Å². The predicted octanol–water partition coefficient (Wildman–Crippen LogP) is 3.09. The molecule has 0 aliphatic carbocycles. The monoisotopic (exact) mass is 273 g/mol. The summed E-state index contributed by atoms with van der Waals surface area (Å²) in [6.07, 6.45) is 2.01. The zero-order chi connectivity index (χ0) is 13.7. The molecule has 100 valence electrons. The van der Waals surface area contributed by atoms with Crippen LogP contribution in [0.2, 0.25) is 19.6 Å². The summed E-state index contributed by atoms with van der Waals surface area (Å²) in [4.78, 5) is 0. The van der Waals surface area contributed by atoms with Gasteiger partial charge in [-0.05, 0) is 27.2 Å². The van der Waals surface area contributed by atoms with Crippen LogP contribution in [0.3, 0.4) is 0 Å². The van der Waals surface area contributed by atoms with Crippen molar-refractivity contribution in [3.05, 3.63) is 0 Å². The zero-order valence-electron chi connectivity index (χ0n) is 12.3. The maximum absolute atomic E-state index is 12.0. The lowest BCUT2D eigenvalue weighted by Gasteiger charge is -2.21. The fourth-order valence-corrected chi connectivity index (χ4v) is 2.45. The van der Waals surface area contributed by atoms with Gasteiger partial charge in [0.25, 0.3) is 0 Å². The summed E-state index contributed by atoms with van der Waals surface area (Å²) in [5.41, 5.74) is 3.36. The normalized spacial score (nSPS) is 15.9. The van der Waals surface area contributed by atoms with Gasteiger partial charge < -0.3 is 0 Å². The molecular weight excluding hydrogens is 246 g/mol. The third-order valence-corrected chi connectivity index (χ3v) is 4.51. The predicted molar refractivity (Wildman–Crippen MR) is 80.8 cm³/mol. The SMILES string of the molecule is CCC[C@H](C#C[Si](C)(C)C)N[S@@](=O)C(C)(C)C. The Morgan fingerprint density at radius 1 is 1.29 bits per heavy atom. The summed E-state index contributed by atoms with van der Waals surface area (Å²) in [7, 11) is -2.38. The van der Waals surface area contributed by atoms with Gasteiger partial charge in [-0.1, -0.05) is 38.9 Å². The molecule has 0 heterocycles. The summed E-state index contributed by atoms with van der Waals surface area (Å²) in [6, 6.07) is 0.0618. The molecule has 0 aromatic rings. The largest absolute Gasteiger partial charge is 0.242 e. The van der Waals surface area contributed by atoms with Gasteiger partial charge in [-0.3, -0.25) is 0 Å². The standard InChI is InChI=1S/C13H27NOSSi/c1-8-9-12(10-11-17(5,6)7)14-16(15)13(2,3)4/h12,14H,8-9H2,1-7H3/t12-,16+/m1/s1. The lowest BCUT2D eigenvalue weighted by molar-refractivity contribution is 0.609. The Labute approximate surface area is 111 Å². The summed E-state index contributed by atoms with van der Waals surface area (Å²) in [5, 5.41) is 0. The van der Waals surface area contributed by atoms with E-state index in [9.17, 15) is 4.21 Å². The minimum atomic E-state index is -1.35. The van der Waals surface area contributed by atoms with Crippen LogP contribution in [0.1, 0.15) is 40.5 Å². The number of hydrogen-bond donors (Lipinski definition) is 1. The van der Waals surface area contributed by atoms with Crippen molar-refractivity contribution in [1.29, 1.82) is 0 Å². The fraction of sp³-hybridized carbons (Fsp3) is 0.846. The molecule has 2 atom stereocenters. The smallest absolute Gasteiger partial charge is 0.129 e. The first-order chi connectivity index (χ1) is 7.56. The highest BCUT2D eigenvalue weighted by molar-refractivity contribution is 7.84. The highest BCUT2D eigenvalue weighted by atomic mass is 32.2. The second kappa shape index (κ2) is 6.72. The van der Waals surface area contributed by atoms with E-state index in [1.54, 1.807) is 0 Å². The molecule has 0 aliphatic rings. The molecule has 0 amide bonds. The quantitative estimate of drug-likeness (QED) is 0.619. The van der Waals surface area contributed by atoms with E-state index in [0.29, 0.717) is 0 Å². The van der Waals surface area contributed by atoms with Gasteiger partial charge in [0.05, 0.1) is 21.8 Å². The van der Waals surface area contributed by atoms with Crippen LogP contribution in [0, 0.1) is 11.5 Å². The Hall–Kier alpha value is -0.113. The van der Waals surface area contributed by atoms with Crippen LogP contribution >= 0.6 is 0 Å². The van der Waals surface area contributed by atoms with E-state index in [1.165, 1.54) is 0 Å². The van der Waals surface area contributed by atoms with E-state index in [2.05, 4.69) is 42.8 Å². The molecule has 1 N–H and O–H groups in total. The van der Waals surface area contributed by atoms with Gasteiger partial charge >= 0.3 is 0 Å². The van der Waals surface area contributed by atoms with E-state index in [-0.39, 0.29) is 10.8 Å². The number of rotatable bonds is 4. The Morgan fingerprint density at radius 2 is 1.82 bits per heavy atom. The van der Waals surface area contributed by atoms with E-state index in [0.717, 1.165) is 12.8 Å². The van der Waals surface area contributed by atoms with Crippen LogP contribution in [0.25, 0.3) is 0 Å². The van der Waals surface area contributed by atoms with Crippen molar-refractivity contribution in [2.45, 2.75) is 71.0 Å². The summed E-state index contributed by atoms with van der Waals surface area (Å²) < 4.78 is 14.9. The van der Waals surface area contributed by atoms with Crippen molar-refractivity contribution in [1.82, 2.24) is 4.72 Å². The molecule has 17 heavy (non-hydrogen) atoms. The van der Waals surface area contributed by atoms with Crippen LogP contribution in [0.15, 0.2) is 0 Å². The lowest BCUT2D eigenvalue weighted by atomic mass is 10.2. The van der Waals surface area contributed by atoms with Crippen molar-refractivity contribution >= 4 is 19.1 Å². The van der Waals surface area contributed by atoms with E-state index >= 15 is 0 Å². The first kappa shape index (κ1) is 16.9. The Kier molecular flexibility index (Phi) is 6.68. The molecule has 0 aromatic carbocycles. The second-order valence-electron chi connectivity index (χ2n) is 6.36. The first-order valence-electron chi connectivity index (χ1n) is 6.27. The molecule has 0 fully saturated rings. The molecule has 0 bridgehead atoms. The first-order valence-corrected chi connectivity index (χ1v) is 10.9. The minimum Gasteiger partial charge on any atom is -0.242 e. The van der Waals surface area contributed by atoms with Crippen molar-refractivity contribution in [3.63, 3.8) is 0 Å². The molecule has 0 aromatic heterocycles. The number of nitrogens with one attached hydrogen (secondary N) is 1. The van der Waals surface area contributed by atoms with E-state index < -0.39 is 19.1 Å². The van der Waals surface area contributed by atoms with Crippen LogP contribution in [-0.4, -0.2) is 23.1 Å². The van der Waals surface area contributed by atoms with Gasteiger partial charge in [-0.15, -0.1) is 5.54 Å². The molecule has 0 aliphatic heterocycles. The van der Waals surface area contributed by atoms with Crippen molar-refractivity contribution in [2.75, 3.05) is 0 Å². The number of hydrogen-bond acceptors (Lipinski definition) is 1. The van der Waals surface area contributed by atoms with Gasteiger partial charge in [-0.25, -0.2) is 8.93 Å². The van der Waals surface area contributed by atoms with Crippen molar-refractivity contribution in [2.24, 2.45) is 0 Å². The van der Waals surface area contributed by atoms with Crippen molar-refractivity contribution < 1.29 is 4.21 Å². The lowest BCUT2D eigenvalue weighted by Crippen LogP contribution is -2.39. The average Bonchev–Trinajstić information content (AvgIpc) is 2.11. The fourth-order valence-electron chi connectivity index (χ4n) is 1.06. The van der Waals surface area contributed by atoms with Gasteiger partial charge in [0, 0.05) is 0 Å². The van der Waals surface area contributed by atoms with Gasteiger partial charge in [0.2, 0.25) is 0 Å². The third-order valence-electron chi connectivity index (χ3n) is 2.00. The summed E-state index contributed by atoms with van der Waals surface area (Å²) in [5.74, 6) is 3.27. The molecule has 0 spiro atoms. The topological polar surface area (TPSA) is 29.1 Å². The molecule has 0 radical (unpaired) electrons. The molecule has 2 nitrogen and oxygen atoms in total. The highest BCUT2D eigenvalue weighted by Crippen LogP contribution is 2.10. The Morgan fingerprint density at radius 3 is 2.18 bits per heavy atom. The Bertz CT molecular complexity index is 317. The molecule has 0 unspecified atom stereocenters.